The maximum absolute atomic E-state index is 9.13. The van der Waals surface area contributed by atoms with Crippen LogP contribution in [-0.2, 0) is 4.74 Å². The van der Waals surface area contributed by atoms with Gasteiger partial charge < -0.3 is 9.84 Å². The number of phenols is 1. The minimum atomic E-state index is 0.232. The Morgan fingerprint density at radius 2 is 1.60 bits per heavy atom. The van der Waals surface area contributed by atoms with E-state index in [2.05, 4.69) is 47.8 Å². The van der Waals surface area contributed by atoms with Crippen molar-refractivity contribution in [3.05, 3.63) is 25.6 Å². The van der Waals surface area contributed by atoms with Crippen LogP contribution in [0.3, 0.4) is 0 Å². The molecule has 0 saturated heterocycles. The molecule has 2 nitrogen and oxygen atoms in total. The third-order valence-electron chi connectivity index (χ3n) is 1.42. The second-order valence-corrected chi connectivity index (χ2v) is 4.92. The monoisotopic (exact) mass is 402 g/mol. The largest absolute Gasteiger partial charge is 0.507 e. The van der Waals surface area contributed by atoms with Crippen molar-refractivity contribution in [1.82, 2.24) is 0 Å². The number of rotatable bonds is 2. The summed E-state index contributed by atoms with van der Waals surface area (Å²) in [6, 6.07) is 3.38. The van der Waals surface area contributed by atoms with Crippen LogP contribution in [0.1, 0.15) is 13.8 Å². The highest BCUT2D eigenvalue weighted by Crippen LogP contribution is 2.36. The van der Waals surface area contributed by atoms with E-state index in [1.54, 1.807) is 12.1 Å². The van der Waals surface area contributed by atoms with Crippen molar-refractivity contribution < 1.29 is 9.84 Å². The number of benzene rings is 1. The van der Waals surface area contributed by atoms with Gasteiger partial charge in [-0.3, -0.25) is 0 Å². The molecule has 0 spiro atoms. The third-order valence-corrected chi connectivity index (χ3v) is 4.77. The molecule has 0 atom stereocenters. The number of hydrogen-bond acceptors (Lipinski definition) is 2. The van der Waals surface area contributed by atoms with Gasteiger partial charge in [0.1, 0.15) is 5.75 Å². The van der Waals surface area contributed by atoms with Crippen LogP contribution >= 0.6 is 47.8 Å². The maximum Gasteiger partial charge on any atom is 0.130 e. The summed E-state index contributed by atoms with van der Waals surface area (Å²) in [7, 11) is 0. The predicted octanol–water partition coefficient (Wildman–Crippen LogP) is 4.72. The average Bonchev–Trinajstić information content (AvgIpc) is 2.23. The Balaban J connectivity index is 0.000000336. The van der Waals surface area contributed by atoms with E-state index >= 15 is 0 Å². The second-order valence-electron chi connectivity index (χ2n) is 2.48. The summed E-state index contributed by atoms with van der Waals surface area (Å²) in [5.74, 6) is 0.232. The fraction of sp³-hybridized carbons (Fsp3) is 0.400. The van der Waals surface area contributed by atoms with E-state index in [0.717, 1.165) is 22.2 Å². The zero-order valence-electron chi connectivity index (χ0n) is 8.56. The van der Waals surface area contributed by atoms with Gasteiger partial charge in [0.2, 0.25) is 0 Å². The summed E-state index contributed by atoms with van der Waals surface area (Å²) < 4.78 is 7.24. The molecule has 0 radical (unpaired) electrons. The Kier molecular flexibility index (Phi) is 8.80. The first-order chi connectivity index (χ1) is 7.04. The third kappa shape index (κ3) is 5.90. The second kappa shape index (κ2) is 8.56. The van der Waals surface area contributed by atoms with Gasteiger partial charge in [-0.15, -0.1) is 0 Å². The summed E-state index contributed by atoms with van der Waals surface area (Å²) in [4.78, 5) is 0. The lowest BCUT2D eigenvalue weighted by Gasteiger charge is -2.00. The highest BCUT2D eigenvalue weighted by atomic mass is 79.9. The van der Waals surface area contributed by atoms with Crippen LogP contribution in [0.4, 0.5) is 0 Å². The molecule has 86 valence electrons. The summed E-state index contributed by atoms with van der Waals surface area (Å²) >= 11 is 9.77. The van der Waals surface area contributed by atoms with Crippen molar-refractivity contribution in [3.63, 3.8) is 0 Å². The number of aromatic hydroxyl groups is 1. The van der Waals surface area contributed by atoms with Crippen LogP contribution in [0.2, 0.25) is 0 Å². The molecule has 15 heavy (non-hydrogen) atoms. The number of halogens is 3. The van der Waals surface area contributed by atoms with Gasteiger partial charge in [0.15, 0.2) is 0 Å². The van der Waals surface area contributed by atoms with E-state index in [1.807, 2.05) is 13.8 Å². The Labute approximate surface area is 115 Å². The van der Waals surface area contributed by atoms with Gasteiger partial charge in [-0.2, -0.15) is 0 Å². The van der Waals surface area contributed by atoms with Gasteiger partial charge in [-0.1, -0.05) is 0 Å². The SMILES string of the molecule is CCOCC.Oc1ccc(Br)c(Br)c1Br. The Morgan fingerprint density at radius 3 is 1.93 bits per heavy atom. The Bertz CT molecular complexity index is 274. The van der Waals surface area contributed by atoms with Gasteiger partial charge in [-0.05, 0) is 73.8 Å². The van der Waals surface area contributed by atoms with Crippen molar-refractivity contribution in [2.45, 2.75) is 13.8 Å². The smallest absolute Gasteiger partial charge is 0.130 e. The normalized spacial score (nSPS) is 9.40. The minimum Gasteiger partial charge on any atom is -0.507 e. The lowest BCUT2D eigenvalue weighted by atomic mass is 10.3. The minimum absolute atomic E-state index is 0.232. The number of hydrogen-bond donors (Lipinski definition) is 1. The molecule has 1 rings (SSSR count). The van der Waals surface area contributed by atoms with E-state index in [0.29, 0.717) is 4.47 Å². The molecule has 0 unspecified atom stereocenters. The molecular formula is C10H13Br3O2. The lowest BCUT2D eigenvalue weighted by molar-refractivity contribution is 0.162. The first-order valence-corrected chi connectivity index (χ1v) is 6.82. The summed E-state index contributed by atoms with van der Waals surface area (Å²) in [6.45, 7) is 5.67. The molecule has 0 amide bonds. The lowest BCUT2D eigenvalue weighted by Crippen LogP contribution is -1.84. The summed E-state index contributed by atoms with van der Waals surface area (Å²) in [5, 5.41) is 9.13. The first kappa shape index (κ1) is 15.4. The van der Waals surface area contributed by atoms with Gasteiger partial charge in [0.25, 0.3) is 0 Å². The van der Waals surface area contributed by atoms with Crippen LogP contribution in [0.25, 0.3) is 0 Å². The standard InChI is InChI=1S/C6H3Br3O.C4H10O/c7-3-1-2-4(10)6(9)5(3)8;1-3-5-4-2/h1-2,10H;3-4H2,1-2H3. The highest BCUT2D eigenvalue weighted by molar-refractivity contribution is 9.14. The van der Waals surface area contributed by atoms with Crippen LogP contribution in [0, 0.1) is 0 Å². The van der Waals surface area contributed by atoms with Crippen molar-refractivity contribution in [3.8, 4) is 5.75 Å². The predicted molar refractivity (Wildman–Crippen MR) is 73.4 cm³/mol. The van der Waals surface area contributed by atoms with Crippen molar-refractivity contribution in [1.29, 1.82) is 0 Å². The molecule has 0 aliphatic heterocycles. The summed E-state index contributed by atoms with van der Waals surface area (Å²) in [6.07, 6.45) is 0. The molecule has 0 fully saturated rings. The zero-order valence-corrected chi connectivity index (χ0v) is 13.3. The zero-order chi connectivity index (χ0) is 11.8. The molecule has 0 aromatic heterocycles. The molecule has 0 bridgehead atoms. The Hall–Kier alpha value is 0.420. The number of ether oxygens (including phenoxy) is 1. The fourth-order valence-electron chi connectivity index (χ4n) is 0.720. The van der Waals surface area contributed by atoms with Crippen molar-refractivity contribution in [2.75, 3.05) is 13.2 Å². The van der Waals surface area contributed by atoms with Crippen LogP contribution < -0.4 is 0 Å². The quantitative estimate of drug-likeness (QED) is 0.722. The Morgan fingerprint density at radius 1 is 1.07 bits per heavy atom. The van der Waals surface area contributed by atoms with E-state index in [-0.39, 0.29) is 5.75 Å². The van der Waals surface area contributed by atoms with Crippen molar-refractivity contribution >= 4 is 47.8 Å². The molecule has 0 heterocycles. The first-order valence-electron chi connectivity index (χ1n) is 4.44. The van der Waals surface area contributed by atoms with E-state index in [4.69, 9.17) is 9.84 Å². The molecule has 1 aromatic carbocycles. The topological polar surface area (TPSA) is 29.5 Å². The van der Waals surface area contributed by atoms with Gasteiger partial charge in [0, 0.05) is 22.2 Å². The van der Waals surface area contributed by atoms with Gasteiger partial charge in [0.05, 0.1) is 4.47 Å². The number of phenolic OH excluding ortho intramolecular Hbond substituents is 1. The fourth-order valence-corrected chi connectivity index (χ4v) is 2.00. The van der Waals surface area contributed by atoms with Crippen LogP contribution in [0.15, 0.2) is 25.6 Å². The molecule has 1 N–H and O–H groups in total. The van der Waals surface area contributed by atoms with Gasteiger partial charge in [-0.25, -0.2) is 0 Å². The molecular weight excluding hydrogens is 392 g/mol. The van der Waals surface area contributed by atoms with E-state index in [9.17, 15) is 0 Å². The molecule has 0 saturated carbocycles. The van der Waals surface area contributed by atoms with Crippen LogP contribution in [-0.4, -0.2) is 18.3 Å². The van der Waals surface area contributed by atoms with E-state index < -0.39 is 0 Å². The van der Waals surface area contributed by atoms with E-state index in [1.165, 1.54) is 0 Å². The van der Waals surface area contributed by atoms with Crippen LogP contribution in [0.5, 0.6) is 5.75 Å². The molecule has 0 aliphatic carbocycles. The average molecular weight is 405 g/mol. The van der Waals surface area contributed by atoms with Crippen molar-refractivity contribution in [2.24, 2.45) is 0 Å². The highest BCUT2D eigenvalue weighted by Gasteiger charge is 2.04. The molecule has 5 heteroatoms. The maximum atomic E-state index is 9.13. The van der Waals surface area contributed by atoms with Gasteiger partial charge >= 0.3 is 0 Å². The molecule has 0 aliphatic rings. The molecule has 1 aromatic rings. The summed E-state index contributed by atoms with van der Waals surface area (Å²) in [5.41, 5.74) is 0.